The molecule has 0 bridgehead atoms. The third kappa shape index (κ3) is 4.17. The Bertz CT molecular complexity index is 1010. The number of phenolic OH excluding ortho intramolecular Hbond substituents is 1. The number of aromatic amines is 1. The van der Waals surface area contributed by atoms with Crippen molar-refractivity contribution in [3.05, 3.63) is 52.8 Å². The highest BCUT2D eigenvalue weighted by Crippen LogP contribution is 2.29. The van der Waals surface area contributed by atoms with Gasteiger partial charge in [0, 0.05) is 11.1 Å². The molecule has 27 heavy (non-hydrogen) atoms. The van der Waals surface area contributed by atoms with E-state index in [1.165, 1.54) is 10.9 Å². The van der Waals surface area contributed by atoms with E-state index in [0.717, 1.165) is 11.3 Å². The molecule has 0 saturated heterocycles. The second kappa shape index (κ2) is 8.50. The summed E-state index contributed by atoms with van der Waals surface area (Å²) in [5, 5.41) is 21.7. The molecular formula is C19H20N4O3S. The van der Waals surface area contributed by atoms with Crippen molar-refractivity contribution in [2.45, 2.75) is 13.8 Å². The molecule has 8 heteroatoms. The summed E-state index contributed by atoms with van der Waals surface area (Å²) in [5.41, 5.74) is 1.32. The van der Waals surface area contributed by atoms with Gasteiger partial charge in [0.25, 0.3) is 0 Å². The van der Waals surface area contributed by atoms with Crippen LogP contribution in [0.5, 0.6) is 17.2 Å². The molecule has 2 N–H and O–H groups in total. The lowest BCUT2D eigenvalue weighted by atomic mass is 10.2. The minimum Gasteiger partial charge on any atom is -0.504 e. The van der Waals surface area contributed by atoms with Crippen LogP contribution in [-0.4, -0.2) is 39.4 Å². The predicted octanol–water partition coefficient (Wildman–Crippen LogP) is 3.99. The smallest absolute Gasteiger partial charge is 0.216 e. The molecular weight excluding hydrogens is 364 g/mol. The van der Waals surface area contributed by atoms with E-state index in [1.54, 1.807) is 18.2 Å². The Hall–Kier alpha value is -3.13. The van der Waals surface area contributed by atoms with Crippen molar-refractivity contribution in [1.29, 1.82) is 0 Å². The number of ether oxygens (including phenoxy) is 2. The lowest BCUT2D eigenvalue weighted by Crippen LogP contribution is -1.97. The van der Waals surface area contributed by atoms with Gasteiger partial charge in [-0.05, 0) is 50.3 Å². The van der Waals surface area contributed by atoms with Gasteiger partial charge in [0.2, 0.25) is 4.77 Å². The Kier molecular flexibility index (Phi) is 5.87. The number of hydrogen-bond donors (Lipinski definition) is 2. The summed E-state index contributed by atoms with van der Waals surface area (Å²) in [4.78, 5) is 0. The summed E-state index contributed by atoms with van der Waals surface area (Å²) < 4.78 is 12.8. The Morgan fingerprint density at radius 1 is 1.19 bits per heavy atom. The first kappa shape index (κ1) is 18.7. The molecule has 0 saturated carbocycles. The van der Waals surface area contributed by atoms with Crippen molar-refractivity contribution in [3.63, 3.8) is 0 Å². The van der Waals surface area contributed by atoms with E-state index < -0.39 is 0 Å². The maximum atomic E-state index is 10.3. The first-order valence-electron chi connectivity index (χ1n) is 8.53. The number of phenols is 1. The van der Waals surface area contributed by atoms with Crippen LogP contribution in [0.25, 0.3) is 11.4 Å². The fourth-order valence-corrected chi connectivity index (χ4v) is 2.69. The van der Waals surface area contributed by atoms with Gasteiger partial charge < -0.3 is 14.6 Å². The topological polar surface area (TPSA) is 84.7 Å². The lowest BCUT2D eigenvalue weighted by molar-refractivity contribution is 0.318. The first-order valence-corrected chi connectivity index (χ1v) is 8.94. The van der Waals surface area contributed by atoms with Gasteiger partial charge in [-0.15, -0.1) is 0 Å². The van der Waals surface area contributed by atoms with E-state index in [9.17, 15) is 5.11 Å². The molecule has 7 nitrogen and oxygen atoms in total. The number of nitrogens with one attached hydrogen (secondary N) is 1. The van der Waals surface area contributed by atoms with Crippen LogP contribution in [-0.2, 0) is 0 Å². The Balaban J connectivity index is 1.97. The third-order valence-corrected chi connectivity index (χ3v) is 3.96. The van der Waals surface area contributed by atoms with Crippen molar-refractivity contribution in [2.75, 3.05) is 13.2 Å². The molecule has 1 heterocycles. The minimum absolute atomic E-state index is 0.0259. The fourth-order valence-electron chi connectivity index (χ4n) is 2.51. The number of nitrogens with zero attached hydrogens (tertiary/aromatic N) is 3. The molecule has 0 aliphatic carbocycles. The predicted molar refractivity (Wildman–Crippen MR) is 106 cm³/mol. The largest absolute Gasteiger partial charge is 0.504 e. The van der Waals surface area contributed by atoms with E-state index >= 15 is 0 Å². The average Bonchev–Trinajstić information content (AvgIpc) is 3.04. The highest BCUT2D eigenvalue weighted by molar-refractivity contribution is 7.71. The molecule has 0 aliphatic rings. The van der Waals surface area contributed by atoms with Crippen molar-refractivity contribution >= 4 is 18.4 Å². The van der Waals surface area contributed by atoms with E-state index in [1.807, 2.05) is 38.1 Å². The van der Waals surface area contributed by atoms with Crippen LogP contribution >= 0.6 is 12.2 Å². The molecule has 140 valence electrons. The first-order chi connectivity index (χ1) is 13.1. The normalized spacial score (nSPS) is 11.0. The van der Waals surface area contributed by atoms with Gasteiger partial charge in [0.05, 0.1) is 19.4 Å². The van der Waals surface area contributed by atoms with Crippen LogP contribution in [0, 0.1) is 4.77 Å². The van der Waals surface area contributed by atoms with Gasteiger partial charge in [-0.2, -0.15) is 14.9 Å². The van der Waals surface area contributed by atoms with Gasteiger partial charge in [0.15, 0.2) is 17.3 Å². The number of H-pyrrole nitrogens is 1. The standard InChI is InChI=1S/C19H20N4O3S/c1-3-25-15-9-5-7-13(11-15)18-21-22-19(27)23(18)20-12-14-8-6-10-16(17(14)24)26-4-2/h5-12,24H,3-4H2,1-2H3,(H,22,27). The van der Waals surface area contributed by atoms with Crippen LogP contribution in [0.3, 0.4) is 0 Å². The molecule has 0 aliphatic heterocycles. The van der Waals surface area contributed by atoms with E-state index in [0.29, 0.717) is 35.1 Å². The van der Waals surface area contributed by atoms with Crippen LogP contribution < -0.4 is 9.47 Å². The monoisotopic (exact) mass is 384 g/mol. The number of hydrogen-bond acceptors (Lipinski definition) is 6. The van der Waals surface area contributed by atoms with E-state index in [4.69, 9.17) is 21.7 Å². The highest BCUT2D eigenvalue weighted by Gasteiger charge is 2.10. The Labute approximate surface area is 161 Å². The number of para-hydroxylation sites is 1. The number of benzene rings is 2. The van der Waals surface area contributed by atoms with Crippen LogP contribution in [0.2, 0.25) is 0 Å². The maximum absolute atomic E-state index is 10.3. The molecule has 0 radical (unpaired) electrons. The lowest BCUT2D eigenvalue weighted by Gasteiger charge is -2.07. The summed E-state index contributed by atoms with van der Waals surface area (Å²) in [7, 11) is 0. The highest BCUT2D eigenvalue weighted by atomic mass is 32.1. The fraction of sp³-hybridized carbons (Fsp3) is 0.211. The summed E-state index contributed by atoms with van der Waals surface area (Å²) in [6.07, 6.45) is 1.51. The molecule has 0 spiro atoms. The number of aromatic nitrogens is 3. The number of rotatable bonds is 7. The minimum atomic E-state index is 0.0259. The number of aromatic hydroxyl groups is 1. The van der Waals surface area contributed by atoms with E-state index in [-0.39, 0.29) is 5.75 Å². The summed E-state index contributed by atoms with van der Waals surface area (Å²) >= 11 is 5.29. The van der Waals surface area contributed by atoms with Gasteiger partial charge >= 0.3 is 0 Å². The Morgan fingerprint density at radius 3 is 2.74 bits per heavy atom. The second-order valence-corrected chi connectivity index (χ2v) is 5.88. The van der Waals surface area contributed by atoms with Crippen molar-refractivity contribution in [1.82, 2.24) is 14.9 Å². The zero-order valence-corrected chi connectivity index (χ0v) is 15.9. The van der Waals surface area contributed by atoms with Gasteiger partial charge in [-0.25, -0.2) is 5.10 Å². The second-order valence-electron chi connectivity index (χ2n) is 5.50. The van der Waals surface area contributed by atoms with Crippen molar-refractivity contribution in [3.8, 4) is 28.6 Å². The molecule has 2 aromatic carbocycles. The third-order valence-electron chi connectivity index (χ3n) is 3.70. The van der Waals surface area contributed by atoms with E-state index in [2.05, 4.69) is 15.3 Å². The quantitative estimate of drug-likeness (QED) is 0.475. The molecule has 3 rings (SSSR count). The molecule has 0 unspecified atom stereocenters. The summed E-state index contributed by atoms with van der Waals surface area (Å²) in [5.74, 6) is 1.71. The molecule has 3 aromatic rings. The van der Waals surface area contributed by atoms with Gasteiger partial charge in [-0.1, -0.05) is 18.2 Å². The zero-order chi connectivity index (χ0) is 19.2. The van der Waals surface area contributed by atoms with Crippen LogP contribution in [0.4, 0.5) is 0 Å². The SMILES string of the molecule is CCOc1cccc(-c2n[nH]c(=S)n2N=Cc2cccc(OCC)c2O)c1. The molecule has 0 atom stereocenters. The molecule has 0 amide bonds. The average molecular weight is 384 g/mol. The van der Waals surface area contributed by atoms with Crippen molar-refractivity contribution < 1.29 is 14.6 Å². The van der Waals surface area contributed by atoms with Crippen molar-refractivity contribution in [2.24, 2.45) is 5.10 Å². The van der Waals surface area contributed by atoms with Crippen LogP contribution in [0.1, 0.15) is 19.4 Å². The maximum Gasteiger partial charge on any atom is 0.216 e. The molecule has 1 aromatic heterocycles. The van der Waals surface area contributed by atoms with Crippen LogP contribution in [0.15, 0.2) is 47.6 Å². The summed E-state index contributed by atoms with van der Waals surface area (Å²) in [6.45, 7) is 4.81. The van der Waals surface area contributed by atoms with Gasteiger partial charge in [-0.3, -0.25) is 0 Å². The zero-order valence-electron chi connectivity index (χ0n) is 15.0. The molecule has 0 fully saturated rings. The van der Waals surface area contributed by atoms with Gasteiger partial charge in [0.1, 0.15) is 5.75 Å². The Morgan fingerprint density at radius 2 is 1.96 bits per heavy atom. The summed E-state index contributed by atoms with van der Waals surface area (Å²) in [6, 6.07) is 12.7.